The smallest absolute Gasteiger partial charge is 0.417 e. The number of nitrogens with one attached hydrogen (secondary N) is 1. The molecule has 6 heteroatoms. The van der Waals surface area contributed by atoms with Gasteiger partial charge in [-0.05, 0) is 50.5 Å². The first-order chi connectivity index (χ1) is 12.8. The maximum Gasteiger partial charge on any atom is 0.417 e. The summed E-state index contributed by atoms with van der Waals surface area (Å²) in [6.45, 7) is 6.52. The highest BCUT2D eigenvalue weighted by Gasteiger charge is 2.22. The number of amides is 1. The van der Waals surface area contributed by atoms with Gasteiger partial charge >= 0.3 is 11.8 Å². The molecule has 3 rings (SSSR count). The van der Waals surface area contributed by atoms with E-state index in [2.05, 4.69) is 4.98 Å². The highest BCUT2D eigenvalue weighted by Crippen LogP contribution is 2.16. The lowest BCUT2D eigenvalue weighted by Crippen LogP contribution is -2.37. The third-order valence-electron chi connectivity index (χ3n) is 4.02. The summed E-state index contributed by atoms with van der Waals surface area (Å²) >= 11 is 0. The van der Waals surface area contributed by atoms with E-state index in [9.17, 15) is 9.59 Å². The van der Waals surface area contributed by atoms with Crippen molar-refractivity contribution >= 4 is 17.2 Å². The third-order valence-corrected chi connectivity index (χ3v) is 4.02. The molecule has 0 aliphatic rings. The molecule has 0 spiro atoms. The first-order valence-electron chi connectivity index (χ1n) is 8.94. The van der Waals surface area contributed by atoms with Crippen molar-refractivity contribution in [3.05, 3.63) is 70.2 Å². The molecule has 0 unspecified atom stereocenters. The lowest BCUT2D eigenvalue weighted by Gasteiger charge is -2.27. The van der Waals surface area contributed by atoms with Crippen LogP contribution in [0.15, 0.2) is 57.7 Å². The number of aromatic amines is 1. The molecule has 1 amide bonds. The van der Waals surface area contributed by atoms with Gasteiger partial charge in [-0.1, -0.05) is 36.4 Å². The van der Waals surface area contributed by atoms with Gasteiger partial charge in [-0.3, -0.25) is 4.98 Å². The van der Waals surface area contributed by atoms with E-state index in [1.54, 1.807) is 4.90 Å². The average Bonchev–Trinajstić information content (AvgIpc) is 2.97. The predicted molar refractivity (Wildman–Crippen MR) is 104 cm³/mol. The predicted octanol–water partition coefficient (Wildman–Crippen LogP) is 4.10. The summed E-state index contributed by atoms with van der Waals surface area (Å²) in [5.74, 6) is -0.471. The Hall–Kier alpha value is -3.02. The van der Waals surface area contributed by atoms with Crippen LogP contribution in [0.3, 0.4) is 0 Å². The quantitative estimate of drug-likeness (QED) is 0.736. The van der Waals surface area contributed by atoms with E-state index >= 15 is 0 Å². The molecule has 0 saturated heterocycles. The topological polar surface area (TPSA) is 75.5 Å². The molecule has 2 aromatic carbocycles. The standard InChI is InChI=1S/C21H24N2O4/c1-21(2,3)27-20(25)23(14-16-7-5-4-6-8-16)12-11-15-9-10-17-18(13-15)26-19(24)22-17/h4-10,13H,11-12,14H2,1-3H3,(H,22,24). The van der Waals surface area contributed by atoms with Crippen LogP contribution in [0.4, 0.5) is 4.79 Å². The first kappa shape index (κ1) is 18.8. The normalized spacial score (nSPS) is 11.5. The van der Waals surface area contributed by atoms with Gasteiger partial charge in [0.15, 0.2) is 5.58 Å². The molecular weight excluding hydrogens is 344 g/mol. The largest absolute Gasteiger partial charge is 0.444 e. The molecule has 0 bridgehead atoms. The van der Waals surface area contributed by atoms with E-state index in [-0.39, 0.29) is 6.09 Å². The average molecular weight is 368 g/mol. The van der Waals surface area contributed by atoms with Crippen LogP contribution >= 0.6 is 0 Å². The van der Waals surface area contributed by atoms with Crippen LogP contribution in [0, 0.1) is 0 Å². The van der Waals surface area contributed by atoms with Crippen molar-refractivity contribution in [2.24, 2.45) is 0 Å². The Morgan fingerprint density at radius 3 is 2.56 bits per heavy atom. The van der Waals surface area contributed by atoms with E-state index in [0.717, 1.165) is 11.1 Å². The second-order valence-corrected chi connectivity index (χ2v) is 7.48. The molecule has 0 aliphatic heterocycles. The molecular formula is C21H24N2O4. The maximum atomic E-state index is 12.6. The van der Waals surface area contributed by atoms with Crippen molar-refractivity contribution in [3.63, 3.8) is 0 Å². The van der Waals surface area contributed by atoms with Crippen molar-refractivity contribution in [1.82, 2.24) is 9.88 Å². The summed E-state index contributed by atoms with van der Waals surface area (Å²) in [6, 6.07) is 15.4. The number of hydrogen-bond acceptors (Lipinski definition) is 4. The van der Waals surface area contributed by atoms with Crippen LogP contribution < -0.4 is 5.76 Å². The van der Waals surface area contributed by atoms with Gasteiger partial charge in [0.05, 0.1) is 5.52 Å². The number of aromatic nitrogens is 1. The molecule has 6 nitrogen and oxygen atoms in total. The Morgan fingerprint density at radius 2 is 1.85 bits per heavy atom. The van der Waals surface area contributed by atoms with Crippen LogP contribution in [-0.2, 0) is 17.7 Å². The highest BCUT2D eigenvalue weighted by molar-refractivity contribution is 5.72. The van der Waals surface area contributed by atoms with Crippen molar-refractivity contribution in [3.8, 4) is 0 Å². The molecule has 0 atom stereocenters. The number of benzene rings is 2. The van der Waals surface area contributed by atoms with Gasteiger partial charge in [-0.2, -0.15) is 0 Å². The zero-order valence-electron chi connectivity index (χ0n) is 15.8. The minimum Gasteiger partial charge on any atom is -0.444 e. The summed E-state index contributed by atoms with van der Waals surface area (Å²) in [6.07, 6.45) is 0.275. The van der Waals surface area contributed by atoms with E-state index < -0.39 is 11.4 Å². The third kappa shape index (κ3) is 5.23. The Labute approximate surface area is 157 Å². The number of fused-ring (bicyclic) bond motifs is 1. The molecule has 0 aliphatic carbocycles. The zero-order valence-corrected chi connectivity index (χ0v) is 15.8. The lowest BCUT2D eigenvalue weighted by atomic mass is 10.1. The van der Waals surface area contributed by atoms with E-state index in [1.165, 1.54) is 0 Å². The summed E-state index contributed by atoms with van der Waals surface area (Å²) < 4.78 is 10.7. The van der Waals surface area contributed by atoms with Crippen molar-refractivity contribution < 1.29 is 13.9 Å². The minimum absolute atomic E-state index is 0.347. The molecule has 0 radical (unpaired) electrons. The van der Waals surface area contributed by atoms with E-state index in [0.29, 0.717) is 30.6 Å². The summed E-state index contributed by atoms with van der Waals surface area (Å²) in [5.41, 5.74) is 2.64. The Bertz CT molecular complexity index is 967. The van der Waals surface area contributed by atoms with Crippen LogP contribution in [0.1, 0.15) is 31.9 Å². The minimum atomic E-state index is -0.556. The molecule has 142 valence electrons. The second-order valence-electron chi connectivity index (χ2n) is 7.48. The van der Waals surface area contributed by atoms with Gasteiger partial charge in [-0.15, -0.1) is 0 Å². The van der Waals surface area contributed by atoms with Crippen LogP contribution in [0.25, 0.3) is 11.1 Å². The fraction of sp³-hybridized carbons (Fsp3) is 0.333. The molecule has 1 heterocycles. The molecule has 3 aromatic rings. The first-order valence-corrected chi connectivity index (χ1v) is 8.94. The Balaban J connectivity index is 1.74. The van der Waals surface area contributed by atoms with Crippen LogP contribution in [-0.4, -0.2) is 28.1 Å². The van der Waals surface area contributed by atoms with Gasteiger partial charge < -0.3 is 14.1 Å². The van der Waals surface area contributed by atoms with Gasteiger partial charge in [0.2, 0.25) is 0 Å². The van der Waals surface area contributed by atoms with Gasteiger partial charge in [0, 0.05) is 13.1 Å². The summed E-state index contributed by atoms with van der Waals surface area (Å²) in [5, 5.41) is 0. The number of carbonyl (C=O) groups excluding carboxylic acids is 1. The van der Waals surface area contributed by atoms with Gasteiger partial charge in [-0.25, -0.2) is 9.59 Å². The number of carbonyl (C=O) groups is 1. The maximum absolute atomic E-state index is 12.6. The fourth-order valence-corrected chi connectivity index (χ4v) is 2.77. The Kier molecular flexibility index (Phi) is 5.35. The van der Waals surface area contributed by atoms with Crippen LogP contribution in [0.2, 0.25) is 0 Å². The summed E-state index contributed by atoms with van der Waals surface area (Å²) in [4.78, 5) is 28.3. The molecule has 0 fully saturated rings. The van der Waals surface area contributed by atoms with E-state index in [4.69, 9.17) is 9.15 Å². The monoisotopic (exact) mass is 368 g/mol. The number of H-pyrrole nitrogens is 1. The molecule has 27 heavy (non-hydrogen) atoms. The molecule has 1 aromatic heterocycles. The van der Waals surface area contributed by atoms with Crippen LogP contribution in [0.5, 0.6) is 0 Å². The zero-order chi connectivity index (χ0) is 19.4. The lowest BCUT2D eigenvalue weighted by molar-refractivity contribution is 0.0236. The van der Waals surface area contributed by atoms with Crippen molar-refractivity contribution in [2.45, 2.75) is 39.3 Å². The molecule has 0 saturated carbocycles. The van der Waals surface area contributed by atoms with Gasteiger partial charge in [0.25, 0.3) is 0 Å². The number of oxazole rings is 1. The number of ether oxygens (including phenoxy) is 1. The fourth-order valence-electron chi connectivity index (χ4n) is 2.77. The number of rotatable bonds is 5. The number of hydrogen-bond donors (Lipinski definition) is 1. The highest BCUT2D eigenvalue weighted by atomic mass is 16.6. The molecule has 1 N–H and O–H groups in total. The SMILES string of the molecule is CC(C)(C)OC(=O)N(CCc1ccc2[nH]c(=O)oc2c1)Cc1ccccc1. The second kappa shape index (κ2) is 7.70. The van der Waals surface area contributed by atoms with Crippen molar-refractivity contribution in [1.29, 1.82) is 0 Å². The summed E-state index contributed by atoms with van der Waals surface area (Å²) in [7, 11) is 0. The van der Waals surface area contributed by atoms with Crippen molar-refractivity contribution in [2.75, 3.05) is 6.54 Å². The van der Waals surface area contributed by atoms with Gasteiger partial charge in [0.1, 0.15) is 5.60 Å². The Morgan fingerprint density at radius 1 is 1.11 bits per heavy atom. The van der Waals surface area contributed by atoms with E-state index in [1.807, 2.05) is 69.3 Å². The number of nitrogens with zero attached hydrogens (tertiary/aromatic N) is 1.